The van der Waals surface area contributed by atoms with Crippen LogP contribution in [0.3, 0.4) is 0 Å². The lowest BCUT2D eigenvalue weighted by Crippen LogP contribution is -2.28. The molecule has 6 atom stereocenters. The molecule has 0 radical (unpaired) electrons. The van der Waals surface area contributed by atoms with Crippen molar-refractivity contribution >= 4 is 39.7 Å². The number of para-hydroxylation sites is 2. The van der Waals surface area contributed by atoms with Crippen molar-refractivity contribution < 1.29 is 29.7 Å². The van der Waals surface area contributed by atoms with Gasteiger partial charge in [-0.3, -0.25) is 19.3 Å². The third-order valence-electron chi connectivity index (χ3n) is 12.9. The van der Waals surface area contributed by atoms with Gasteiger partial charge in [-0.25, -0.2) is 19.9 Å². The van der Waals surface area contributed by atoms with Crippen LogP contribution in [0.25, 0.3) is 21.8 Å². The smallest absolute Gasteiger partial charge is 0.307 e. The van der Waals surface area contributed by atoms with Gasteiger partial charge in [0.1, 0.15) is 11.6 Å². The van der Waals surface area contributed by atoms with Gasteiger partial charge < -0.3 is 31.3 Å². The number of nitrogens with zero attached hydrogens (tertiary/aromatic N) is 5. The standard InChI is InChI=1S/C46H54N8O6/c55-44(56)37(30-10-13-47-20-30)17-28-4-1-5-29(16-28)25-54(26-35-8-2-6-33-23-50-40(52-42(33)35)18-38(45(57)58)31-11-14-48-21-31)27-36-9-3-7-34-24-51-41(53-43(34)36)19-39(46(59)60)32-12-15-49-22-32/h1-9,16,23-24,30-32,37-39,47-49H,10-15,17-22,25-27H2,(H,55,56)(H,57,58)(H,59,60). The van der Waals surface area contributed by atoms with Crippen molar-refractivity contribution in [2.24, 2.45) is 35.5 Å². The van der Waals surface area contributed by atoms with Crippen LogP contribution in [0, 0.1) is 35.5 Å². The summed E-state index contributed by atoms with van der Waals surface area (Å²) in [7, 11) is 0. The first-order valence-electron chi connectivity index (χ1n) is 21.3. The highest BCUT2D eigenvalue weighted by Crippen LogP contribution is 2.29. The molecule has 0 amide bonds. The van der Waals surface area contributed by atoms with E-state index in [0.717, 1.165) is 83.0 Å². The van der Waals surface area contributed by atoms with Gasteiger partial charge in [0, 0.05) is 55.6 Å². The quantitative estimate of drug-likeness (QED) is 0.0730. The van der Waals surface area contributed by atoms with Crippen LogP contribution < -0.4 is 16.0 Å². The van der Waals surface area contributed by atoms with Crippen molar-refractivity contribution in [1.29, 1.82) is 0 Å². The molecule has 3 aromatic carbocycles. The number of hydrogen-bond acceptors (Lipinski definition) is 11. The normalized spacial score (nSPS) is 20.8. The third-order valence-corrected chi connectivity index (χ3v) is 12.9. The Bertz CT molecular complexity index is 2200. The van der Waals surface area contributed by atoms with Crippen molar-refractivity contribution in [1.82, 2.24) is 40.8 Å². The molecule has 3 fully saturated rings. The number of carboxylic acid groups (broad SMARTS) is 3. The zero-order valence-corrected chi connectivity index (χ0v) is 33.8. The summed E-state index contributed by atoms with van der Waals surface area (Å²) in [6.07, 6.45) is 6.97. The Morgan fingerprint density at radius 3 is 1.45 bits per heavy atom. The van der Waals surface area contributed by atoms with Gasteiger partial charge in [-0.2, -0.15) is 0 Å². The summed E-state index contributed by atoms with van der Waals surface area (Å²) < 4.78 is 0. The molecule has 0 bridgehead atoms. The molecular weight excluding hydrogens is 761 g/mol. The van der Waals surface area contributed by atoms with E-state index < -0.39 is 35.7 Å². The van der Waals surface area contributed by atoms with Crippen molar-refractivity contribution in [2.45, 2.75) is 58.2 Å². The minimum Gasteiger partial charge on any atom is -0.481 e. The maximum atomic E-state index is 12.4. The van der Waals surface area contributed by atoms with Gasteiger partial charge in [0.2, 0.25) is 0 Å². The minimum atomic E-state index is -0.834. The predicted octanol–water partition coefficient (Wildman–Crippen LogP) is 4.33. The summed E-state index contributed by atoms with van der Waals surface area (Å²) in [5.41, 5.74) is 5.49. The van der Waals surface area contributed by atoms with Crippen molar-refractivity contribution in [3.63, 3.8) is 0 Å². The van der Waals surface area contributed by atoms with E-state index in [1.54, 1.807) is 12.4 Å². The monoisotopic (exact) mass is 814 g/mol. The average Bonchev–Trinajstić information content (AvgIpc) is 4.07. The number of nitrogens with one attached hydrogen (secondary N) is 3. The summed E-state index contributed by atoms with van der Waals surface area (Å²) >= 11 is 0. The zero-order valence-electron chi connectivity index (χ0n) is 33.8. The highest BCUT2D eigenvalue weighted by Gasteiger charge is 2.33. The number of aromatic nitrogens is 4. The summed E-state index contributed by atoms with van der Waals surface area (Å²) in [6, 6.07) is 20.2. The molecule has 6 unspecified atom stereocenters. The molecule has 0 spiro atoms. The van der Waals surface area contributed by atoms with E-state index in [0.29, 0.717) is 57.3 Å². The van der Waals surface area contributed by atoms with Crippen LogP contribution in [0.15, 0.2) is 73.1 Å². The second kappa shape index (κ2) is 18.9. The van der Waals surface area contributed by atoms with E-state index in [1.165, 1.54) is 0 Å². The zero-order chi connectivity index (χ0) is 41.6. The number of aliphatic carboxylic acids is 3. The number of fused-ring (bicyclic) bond motifs is 2. The van der Waals surface area contributed by atoms with Crippen LogP contribution in [-0.2, 0) is 53.3 Å². The Morgan fingerprint density at radius 1 is 0.583 bits per heavy atom. The highest BCUT2D eigenvalue weighted by atomic mass is 16.4. The van der Waals surface area contributed by atoms with Crippen molar-refractivity contribution in [3.8, 4) is 0 Å². The van der Waals surface area contributed by atoms with Crippen LogP contribution in [0.2, 0.25) is 0 Å². The molecule has 14 heteroatoms. The van der Waals surface area contributed by atoms with Crippen LogP contribution in [0.5, 0.6) is 0 Å². The maximum Gasteiger partial charge on any atom is 0.307 e. The summed E-state index contributed by atoms with van der Waals surface area (Å²) in [5.74, 6) is -2.95. The van der Waals surface area contributed by atoms with Gasteiger partial charge in [0.05, 0.1) is 28.8 Å². The number of rotatable bonds is 18. The van der Waals surface area contributed by atoms with E-state index in [9.17, 15) is 29.7 Å². The second-order valence-electron chi connectivity index (χ2n) is 17.0. The fraction of sp³-hybridized carbons (Fsp3) is 0.457. The molecule has 2 aromatic heterocycles. The SMILES string of the molecule is O=C(O)C(Cc1cccc(CN(Cc2cccc3cnc(CC(C(=O)O)C4CCNC4)nc23)Cc2cccc3cnc(CC(C(=O)O)C4CCNC4)nc23)c1)C1CCNC1. The molecule has 6 N–H and O–H groups in total. The summed E-state index contributed by atoms with van der Waals surface area (Å²) in [4.78, 5) is 58.8. The molecule has 5 aromatic rings. The van der Waals surface area contributed by atoms with Gasteiger partial charge in [0.15, 0.2) is 0 Å². The molecule has 3 aliphatic rings. The molecule has 3 saturated heterocycles. The van der Waals surface area contributed by atoms with E-state index in [4.69, 9.17) is 9.97 Å². The lowest BCUT2D eigenvalue weighted by Gasteiger charge is -2.25. The fourth-order valence-electron chi connectivity index (χ4n) is 9.60. The Balaban J connectivity index is 1.12. The summed E-state index contributed by atoms with van der Waals surface area (Å²) in [6.45, 7) is 5.99. The van der Waals surface area contributed by atoms with Crippen LogP contribution in [0.4, 0.5) is 0 Å². The lowest BCUT2D eigenvalue weighted by atomic mass is 9.86. The molecule has 3 aliphatic heterocycles. The molecule has 8 rings (SSSR count). The molecular formula is C46H54N8O6. The Hall–Kier alpha value is -5.41. The first-order chi connectivity index (χ1) is 29.2. The van der Waals surface area contributed by atoms with Gasteiger partial charge in [0.25, 0.3) is 0 Å². The Kier molecular flexibility index (Phi) is 13.0. The van der Waals surface area contributed by atoms with Gasteiger partial charge in [-0.15, -0.1) is 0 Å². The maximum absolute atomic E-state index is 12.4. The van der Waals surface area contributed by atoms with E-state index in [-0.39, 0.29) is 30.6 Å². The van der Waals surface area contributed by atoms with Crippen molar-refractivity contribution in [2.75, 3.05) is 39.3 Å². The highest BCUT2D eigenvalue weighted by molar-refractivity contribution is 5.82. The van der Waals surface area contributed by atoms with Gasteiger partial charge in [-0.1, -0.05) is 60.7 Å². The number of carboxylic acids is 3. The van der Waals surface area contributed by atoms with E-state index in [1.807, 2.05) is 36.4 Å². The fourth-order valence-corrected chi connectivity index (χ4v) is 9.60. The van der Waals surface area contributed by atoms with Gasteiger partial charge in [-0.05, 0) is 105 Å². The lowest BCUT2D eigenvalue weighted by molar-refractivity contribution is -0.144. The van der Waals surface area contributed by atoms with E-state index in [2.05, 4.69) is 55.1 Å². The summed E-state index contributed by atoms with van der Waals surface area (Å²) in [5, 5.41) is 42.1. The largest absolute Gasteiger partial charge is 0.481 e. The van der Waals surface area contributed by atoms with Crippen LogP contribution in [-0.4, -0.2) is 97.3 Å². The second-order valence-corrected chi connectivity index (χ2v) is 17.0. The molecule has 5 heterocycles. The van der Waals surface area contributed by atoms with Crippen LogP contribution in [0.1, 0.15) is 53.2 Å². The molecule has 0 aliphatic carbocycles. The minimum absolute atomic E-state index is 0.0173. The first kappa shape index (κ1) is 41.3. The Morgan fingerprint density at radius 2 is 1.02 bits per heavy atom. The van der Waals surface area contributed by atoms with Crippen molar-refractivity contribution in [3.05, 3.63) is 107 Å². The Labute approximate surface area is 349 Å². The molecule has 314 valence electrons. The number of hydrogen-bond donors (Lipinski definition) is 6. The molecule has 60 heavy (non-hydrogen) atoms. The van der Waals surface area contributed by atoms with E-state index >= 15 is 0 Å². The third kappa shape index (κ3) is 9.79. The predicted molar refractivity (Wildman–Crippen MR) is 226 cm³/mol. The molecule has 0 saturated carbocycles. The van der Waals surface area contributed by atoms with Crippen LogP contribution >= 0.6 is 0 Å². The van der Waals surface area contributed by atoms with Gasteiger partial charge >= 0.3 is 17.9 Å². The molecule has 14 nitrogen and oxygen atoms in total. The first-order valence-corrected chi connectivity index (χ1v) is 21.3. The topological polar surface area (TPSA) is 203 Å². The number of benzene rings is 3. The average molecular weight is 815 g/mol. The number of carbonyl (C=O) groups is 3.